The third-order valence-electron chi connectivity index (χ3n) is 2.65. The highest BCUT2D eigenvalue weighted by molar-refractivity contribution is 5.78. The number of aliphatic carboxylic acids is 1. The van der Waals surface area contributed by atoms with E-state index >= 15 is 0 Å². The molecule has 2 rings (SSSR count). The number of hydrogen-bond donors (Lipinski definition) is 1. The maximum atomic E-state index is 13.4. The number of aromatic nitrogens is 1. The van der Waals surface area contributed by atoms with E-state index in [1.54, 1.807) is 6.07 Å². The van der Waals surface area contributed by atoms with Crippen molar-refractivity contribution in [3.63, 3.8) is 0 Å². The Morgan fingerprint density at radius 2 is 2.16 bits per heavy atom. The van der Waals surface area contributed by atoms with E-state index in [1.165, 1.54) is 12.1 Å². The average Bonchev–Trinajstić information content (AvgIpc) is 2.65. The van der Waals surface area contributed by atoms with Crippen LogP contribution >= 0.6 is 0 Å². The number of nitrogens with zero attached hydrogens (tertiary/aromatic N) is 1. The maximum absolute atomic E-state index is 13.4. The van der Waals surface area contributed by atoms with Crippen molar-refractivity contribution < 1.29 is 18.7 Å². The second-order valence-corrected chi connectivity index (χ2v) is 5.77. The lowest BCUT2D eigenvalue weighted by Gasteiger charge is -2.14. The summed E-state index contributed by atoms with van der Waals surface area (Å²) in [4.78, 5) is 14.9. The first-order valence-corrected chi connectivity index (χ1v) is 6.02. The van der Waals surface area contributed by atoms with E-state index in [9.17, 15) is 9.18 Å². The van der Waals surface area contributed by atoms with E-state index in [0.29, 0.717) is 23.4 Å². The molecule has 1 heterocycles. The molecular weight excluding hydrogens is 249 g/mol. The molecule has 5 heteroatoms. The Kier molecular flexibility index (Phi) is 3.30. The van der Waals surface area contributed by atoms with Gasteiger partial charge in [-0.2, -0.15) is 0 Å². The van der Waals surface area contributed by atoms with Gasteiger partial charge >= 0.3 is 5.97 Å². The van der Waals surface area contributed by atoms with Crippen LogP contribution in [-0.2, 0) is 11.2 Å². The predicted octanol–water partition coefficient (Wildman–Crippen LogP) is 3.51. The largest absolute Gasteiger partial charge is 0.479 e. The Labute approximate surface area is 110 Å². The molecule has 0 aliphatic heterocycles. The number of hydrogen-bond acceptors (Lipinski definition) is 3. The van der Waals surface area contributed by atoms with Crippen molar-refractivity contribution in [1.29, 1.82) is 0 Å². The number of carboxylic acids is 1. The third kappa shape index (κ3) is 3.10. The average molecular weight is 265 g/mol. The summed E-state index contributed by atoms with van der Waals surface area (Å²) in [6, 6.07) is 4.39. The fourth-order valence-electron chi connectivity index (χ4n) is 1.82. The van der Waals surface area contributed by atoms with Crippen LogP contribution in [0, 0.1) is 5.41 Å². The topological polar surface area (TPSA) is 63.3 Å². The SMILES string of the molecule is CC(C)(C)Cc1nc2cc(C(F)C(=O)O)ccc2o1. The van der Waals surface area contributed by atoms with E-state index in [0.717, 1.165) is 0 Å². The smallest absolute Gasteiger partial charge is 0.343 e. The molecule has 19 heavy (non-hydrogen) atoms. The van der Waals surface area contributed by atoms with E-state index < -0.39 is 12.1 Å². The van der Waals surface area contributed by atoms with Crippen molar-refractivity contribution in [2.45, 2.75) is 33.4 Å². The summed E-state index contributed by atoms with van der Waals surface area (Å²) in [6.45, 7) is 6.19. The van der Waals surface area contributed by atoms with Gasteiger partial charge in [0, 0.05) is 6.42 Å². The van der Waals surface area contributed by atoms with Crippen LogP contribution in [0.3, 0.4) is 0 Å². The Bertz CT molecular complexity index is 613. The lowest BCUT2D eigenvalue weighted by molar-refractivity contribution is -0.143. The summed E-state index contributed by atoms with van der Waals surface area (Å²) < 4.78 is 19.0. The molecule has 1 aromatic heterocycles. The summed E-state index contributed by atoms with van der Waals surface area (Å²) in [6.07, 6.45) is -1.37. The van der Waals surface area contributed by atoms with Gasteiger partial charge in [0.25, 0.3) is 0 Å². The summed E-state index contributed by atoms with van der Waals surface area (Å²) in [5.74, 6) is -0.928. The van der Waals surface area contributed by atoms with Crippen molar-refractivity contribution in [2.24, 2.45) is 5.41 Å². The summed E-state index contributed by atoms with van der Waals surface area (Å²) in [7, 11) is 0. The molecule has 102 valence electrons. The van der Waals surface area contributed by atoms with Gasteiger partial charge in [-0.25, -0.2) is 14.2 Å². The number of carboxylic acid groups (broad SMARTS) is 1. The molecular formula is C14H16FNO3. The second-order valence-electron chi connectivity index (χ2n) is 5.77. The minimum Gasteiger partial charge on any atom is -0.479 e. The van der Waals surface area contributed by atoms with Crippen LogP contribution in [0.5, 0.6) is 0 Å². The van der Waals surface area contributed by atoms with Gasteiger partial charge in [0.15, 0.2) is 11.5 Å². The Hall–Kier alpha value is -1.91. The quantitative estimate of drug-likeness (QED) is 0.922. The van der Waals surface area contributed by atoms with Gasteiger partial charge < -0.3 is 9.52 Å². The van der Waals surface area contributed by atoms with E-state index in [1.807, 2.05) is 0 Å². The van der Waals surface area contributed by atoms with Crippen LogP contribution in [0.1, 0.15) is 38.4 Å². The molecule has 1 aromatic carbocycles. The fourth-order valence-corrected chi connectivity index (χ4v) is 1.82. The van der Waals surface area contributed by atoms with Gasteiger partial charge in [-0.3, -0.25) is 0 Å². The third-order valence-corrected chi connectivity index (χ3v) is 2.65. The molecule has 1 unspecified atom stereocenters. The van der Waals surface area contributed by atoms with Crippen LogP contribution < -0.4 is 0 Å². The Balaban J connectivity index is 2.36. The fraction of sp³-hybridized carbons (Fsp3) is 0.429. The Morgan fingerprint density at radius 3 is 2.74 bits per heavy atom. The molecule has 0 amide bonds. The van der Waals surface area contributed by atoms with Gasteiger partial charge in [0.2, 0.25) is 6.17 Å². The molecule has 0 aliphatic rings. The first-order chi connectivity index (χ1) is 8.76. The minimum absolute atomic E-state index is 0.0351. The molecule has 2 aromatic rings. The highest BCUT2D eigenvalue weighted by atomic mass is 19.1. The van der Waals surface area contributed by atoms with Crippen LogP contribution in [0.4, 0.5) is 4.39 Å². The molecule has 0 saturated carbocycles. The second kappa shape index (κ2) is 4.64. The van der Waals surface area contributed by atoms with E-state index in [-0.39, 0.29) is 11.0 Å². The molecule has 1 atom stereocenters. The molecule has 1 N–H and O–H groups in total. The molecule has 0 spiro atoms. The number of halogens is 1. The summed E-state index contributed by atoms with van der Waals surface area (Å²) in [5, 5.41) is 8.65. The zero-order chi connectivity index (χ0) is 14.2. The van der Waals surface area contributed by atoms with Crippen LogP contribution in [0.25, 0.3) is 11.1 Å². The van der Waals surface area contributed by atoms with Crippen molar-refractivity contribution in [1.82, 2.24) is 4.98 Å². The summed E-state index contributed by atoms with van der Waals surface area (Å²) in [5.41, 5.74) is 1.14. The number of alkyl halides is 1. The van der Waals surface area contributed by atoms with Gasteiger partial charge in [-0.15, -0.1) is 0 Å². The van der Waals surface area contributed by atoms with E-state index in [2.05, 4.69) is 25.8 Å². The molecule has 0 bridgehead atoms. The van der Waals surface area contributed by atoms with Crippen LogP contribution in [0.2, 0.25) is 0 Å². The predicted molar refractivity (Wildman–Crippen MR) is 68.7 cm³/mol. The molecule has 0 aliphatic carbocycles. The number of rotatable bonds is 3. The van der Waals surface area contributed by atoms with Gasteiger partial charge in [-0.05, 0) is 23.1 Å². The highest BCUT2D eigenvalue weighted by Crippen LogP contribution is 2.26. The van der Waals surface area contributed by atoms with Crippen molar-refractivity contribution in [3.8, 4) is 0 Å². The summed E-state index contributed by atoms with van der Waals surface area (Å²) >= 11 is 0. The zero-order valence-electron chi connectivity index (χ0n) is 11.1. The first-order valence-electron chi connectivity index (χ1n) is 6.02. The Morgan fingerprint density at radius 1 is 1.47 bits per heavy atom. The highest BCUT2D eigenvalue weighted by Gasteiger charge is 2.20. The molecule has 0 fully saturated rings. The molecule has 0 saturated heterocycles. The van der Waals surface area contributed by atoms with Crippen LogP contribution in [-0.4, -0.2) is 16.1 Å². The first kappa shape index (κ1) is 13.5. The zero-order valence-corrected chi connectivity index (χ0v) is 11.1. The number of benzene rings is 1. The standard InChI is InChI=1S/C14H16FNO3/c1-14(2,3)7-11-16-9-6-8(12(15)13(17)18)4-5-10(9)19-11/h4-6,12H,7H2,1-3H3,(H,17,18). The van der Waals surface area contributed by atoms with Crippen molar-refractivity contribution in [3.05, 3.63) is 29.7 Å². The molecule has 0 radical (unpaired) electrons. The van der Waals surface area contributed by atoms with Gasteiger partial charge in [0.05, 0.1) is 0 Å². The molecule has 4 nitrogen and oxygen atoms in total. The van der Waals surface area contributed by atoms with Gasteiger partial charge in [-0.1, -0.05) is 26.8 Å². The lowest BCUT2D eigenvalue weighted by Crippen LogP contribution is -2.09. The maximum Gasteiger partial charge on any atom is 0.343 e. The van der Waals surface area contributed by atoms with Crippen molar-refractivity contribution >= 4 is 17.1 Å². The number of fused-ring (bicyclic) bond motifs is 1. The normalized spacial score (nSPS) is 13.7. The van der Waals surface area contributed by atoms with Crippen molar-refractivity contribution in [2.75, 3.05) is 0 Å². The van der Waals surface area contributed by atoms with E-state index in [4.69, 9.17) is 9.52 Å². The lowest BCUT2D eigenvalue weighted by atomic mass is 9.92. The number of oxazole rings is 1. The minimum atomic E-state index is -2.04. The van der Waals surface area contributed by atoms with Gasteiger partial charge in [0.1, 0.15) is 5.52 Å². The monoisotopic (exact) mass is 265 g/mol. The number of carbonyl (C=O) groups is 1. The van der Waals surface area contributed by atoms with Crippen LogP contribution in [0.15, 0.2) is 22.6 Å².